The molecule has 1 aromatic carbocycles. The number of amides is 1. The van der Waals surface area contributed by atoms with E-state index in [1.54, 1.807) is 7.11 Å². The molecule has 0 atom stereocenters. The lowest BCUT2D eigenvalue weighted by Gasteiger charge is -2.16. The summed E-state index contributed by atoms with van der Waals surface area (Å²) in [7, 11) is 3.74. The van der Waals surface area contributed by atoms with E-state index in [1.807, 2.05) is 12.1 Å². The Labute approximate surface area is 114 Å². The van der Waals surface area contributed by atoms with Gasteiger partial charge in [0.2, 0.25) is 5.91 Å². The third kappa shape index (κ3) is 6.22. The highest BCUT2D eigenvalue weighted by atomic mass is 16.5. The highest BCUT2D eigenvalue weighted by Crippen LogP contribution is 2.12. The van der Waals surface area contributed by atoms with Gasteiger partial charge in [-0.25, -0.2) is 5.84 Å². The van der Waals surface area contributed by atoms with Gasteiger partial charge in [-0.3, -0.25) is 10.2 Å². The zero-order chi connectivity index (χ0) is 14.1. The number of rotatable bonds is 8. The van der Waals surface area contributed by atoms with E-state index in [2.05, 4.69) is 29.5 Å². The van der Waals surface area contributed by atoms with Gasteiger partial charge in [0.05, 0.1) is 7.11 Å². The van der Waals surface area contributed by atoms with Crippen molar-refractivity contribution in [2.75, 3.05) is 20.7 Å². The van der Waals surface area contributed by atoms with Crippen molar-refractivity contribution in [3.05, 3.63) is 29.8 Å². The summed E-state index contributed by atoms with van der Waals surface area (Å²) in [6.07, 6.45) is 2.34. The summed E-state index contributed by atoms with van der Waals surface area (Å²) >= 11 is 0. The molecule has 106 valence electrons. The molecule has 0 aliphatic carbocycles. The quantitative estimate of drug-likeness (QED) is 0.322. The number of nitrogens with zero attached hydrogens (tertiary/aromatic N) is 1. The van der Waals surface area contributed by atoms with Crippen molar-refractivity contribution in [2.45, 2.75) is 25.8 Å². The third-order valence-corrected chi connectivity index (χ3v) is 2.97. The Bertz CT molecular complexity index is 379. The van der Waals surface area contributed by atoms with E-state index >= 15 is 0 Å². The Morgan fingerprint density at radius 2 is 2.00 bits per heavy atom. The summed E-state index contributed by atoms with van der Waals surface area (Å²) in [5, 5.41) is 0. The normalized spacial score (nSPS) is 10.5. The highest BCUT2D eigenvalue weighted by Gasteiger charge is 2.02. The lowest BCUT2D eigenvalue weighted by atomic mass is 10.2. The van der Waals surface area contributed by atoms with Crippen molar-refractivity contribution in [2.24, 2.45) is 5.84 Å². The fraction of sp³-hybridized carbons (Fsp3) is 0.500. The Morgan fingerprint density at radius 1 is 1.32 bits per heavy atom. The lowest BCUT2D eigenvalue weighted by molar-refractivity contribution is -0.121. The molecule has 0 saturated carbocycles. The molecule has 0 bridgehead atoms. The number of carbonyl (C=O) groups excluding carboxylic acids is 1. The number of nitrogens with two attached hydrogens (primary N) is 1. The van der Waals surface area contributed by atoms with Crippen molar-refractivity contribution < 1.29 is 9.53 Å². The van der Waals surface area contributed by atoms with Gasteiger partial charge in [-0.15, -0.1) is 0 Å². The Hall–Kier alpha value is -1.59. The van der Waals surface area contributed by atoms with Crippen molar-refractivity contribution >= 4 is 5.91 Å². The molecule has 1 aromatic rings. The van der Waals surface area contributed by atoms with Gasteiger partial charge in [0, 0.05) is 13.0 Å². The summed E-state index contributed by atoms with van der Waals surface area (Å²) in [6, 6.07) is 8.07. The van der Waals surface area contributed by atoms with Gasteiger partial charge in [-0.2, -0.15) is 0 Å². The molecule has 0 aliphatic rings. The number of hydrogen-bond donors (Lipinski definition) is 2. The first-order valence-corrected chi connectivity index (χ1v) is 6.46. The number of methoxy groups -OCH3 is 1. The molecule has 1 rings (SSSR count). The van der Waals surface area contributed by atoms with Crippen LogP contribution in [0.2, 0.25) is 0 Å². The third-order valence-electron chi connectivity index (χ3n) is 2.97. The molecule has 0 radical (unpaired) electrons. The molecule has 0 saturated heterocycles. The highest BCUT2D eigenvalue weighted by molar-refractivity contribution is 5.75. The number of hydrazine groups is 1. The smallest absolute Gasteiger partial charge is 0.233 e. The molecule has 0 unspecified atom stereocenters. The second-order valence-electron chi connectivity index (χ2n) is 4.61. The van der Waals surface area contributed by atoms with E-state index in [1.165, 1.54) is 5.56 Å². The predicted molar refractivity (Wildman–Crippen MR) is 75.5 cm³/mol. The second-order valence-corrected chi connectivity index (χ2v) is 4.61. The molecule has 0 heterocycles. The first-order chi connectivity index (χ1) is 9.15. The molecule has 0 aliphatic heterocycles. The summed E-state index contributed by atoms with van der Waals surface area (Å²) in [5.74, 6) is 5.79. The molecule has 5 nitrogen and oxygen atoms in total. The number of nitrogens with one attached hydrogen (secondary N) is 1. The van der Waals surface area contributed by atoms with Crippen LogP contribution in [0.5, 0.6) is 5.75 Å². The van der Waals surface area contributed by atoms with Crippen LogP contribution in [0.4, 0.5) is 0 Å². The van der Waals surface area contributed by atoms with Crippen molar-refractivity contribution in [1.82, 2.24) is 10.3 Å². The van der Waals surface area contributed by atoms with E-state index in [-0.39, 0.29) is 5.91 Å². The number of benzene rings is 1. The first-order valence-electron chi connectivity index (χ1n) is 6.46. The predicted octanol–water partition coefficient (Wildman–Crippen LogP) is 1.29. The minimum atomic E-state index is -0.0993. The van der Waals surface area contributed by atoms with E-state index < -0.39 is 0 Å². The maximum atomic E-state index is 10.9. The van der Waals surface area contributed by atoms with Crippen LogP contribution in [-0.2, 0) is 11.3 Å². The average Bonchev–Trinajstić information content (AvgIpc) is 2.44. The number of hydrogen-bond acceptors (Lipinski definition) is 4. The number of ether oxygens (including phenoxy) is 1. The van der Waals surface area contributed by atoms with E-state index in [4.69, 9.17) is 10.6 Å². The molecule has 5 heteroatoms. The Balaban J connectivity index is 2.22. The van der Waals surface area contributed by atoms with Crippen LogP contribution in [0.1, 0.15) is 24.8 Å². The molecule has 0 fully saturated rings. The first kappa shape index (κ1) is 15.5. The second kappa shape index (κ2) is 8.50. The van der Waals surface area contributed by atoms with Gasteiger partial charge in [-0.1, -0.05) is 12.1 Å². The minimum Gasteiger partial charge on any atom is -0.497 e. The van der Waals surface area contributed by atoms with Gasteiger partial charge >= 0.3 is 0 Å². The van der Waals surface area contributed by atoms with Crippen LogP contribution >= 0.6 is 0 Å². The van der Waals surface area contributed by atoms with E-state index in [0.29, 0.717) is 6.42 Å². The minimum absolute atomic E-state index is 0.0993. The molecule has 0 aromatic heterocycles. The summed E-state index contributed by atoms with van der Waals surface area (Å²) in [5.41, 5.74) is 3.39. The monoisotopic (exact) mass is 265 g/mol. The topological polar surface area (TPSA) is 67.6 Å². The molecule has 0 spiro atoms. The van der Waals surface area contributed by atoms with Crippen molar-refractivity contribution in [3.63, 3.8) is 0 Å². The van der Waals surface area contributed by atoms with Crippen molar-refractivity contribution in [3.8, 4) is 5.75 Å². The van der Waals surface area contributed by atoms with Crippen LogP contribution in [0, 0.1) is 0 Å². The lowest BCUT2D eigenvalue weighted by Crippen LogP contribution is -2.29. The van der Waals surface area contributed by atoms with E-state index in [9.17, 15) is 4.79 Å². The van der Waals surface area contributed by atoms with Gasteiger partial charge in [-0.05, 0) is 44.1 Å². The average molecular weight is 265 g/mol. The zero-order valence-electron chi connectivity index (χ0n) is 11.7. The van der Waals surface area contributed by atoms with Crippen LogP contribution in [0.25, 0.3) is 0 Å². The number of carbonyl (C=O) groups is 1. The Kier molecular flexibility index (Phi) is 6.92. The van der Waals surface area contributed by atoms with Crippen LogP contribution in [0.15, 0.2) is 24.3 Å². The number of unbranched alkanes of at least 4 members (excludes halogenated alkanes) is 1. The van der Waals surface area contributed by atoms with Crippen LogP contribution < -0.4 is 16.0 Å². The molecule has 1 amide bonds. The largest absolute Gasteiger partial charge is 0.497 e. The van der Waals surface area contributed by atoms with Gasteiger partial charge in [0.1, 0.15) is 5.75 Å². The fourth-order valence-corrected chi connectivity index (χ4v) is 1.86. The molecular weight excluding hydrogens is 242 g/mol. The Morgan fingerprint density at radius 3 is 2.58 bits per heavy atom. The maximum Gasteiger partial charge on any atom is 0.233 e. The maximum absolute atomic E-state index is 10.9. The summed E-state index contributed by atoms with van der Waals surface area (Å²) in [6.45, 7) is 1.86. The van der Waals surface area contributed by atoms with Crippen LogP contribution in [0.3, 0.4) is 0 Å². The molecule has 3 N–H and O–H groups in total. The SMILES string of the molecule is COc1ccc(CN(C)CCCCC(=O)NN)cc1. The van der Waals surface area contributed by atoms with Crippen molar-refractivity contribution in [1.29, 1.82) is 0 Å². The van der Waals surface area contributed by atoms with Gasteiger partial charge < -0.3 is 9.64 Å². The summed E-state index contributed by atoms with van der Waals surface area (Å²) < 4.78 is 5.12. The standard InChI is InChI=1S/C14H23N3O2/c1-17(10-4-3-5-14(18)16-15)11-12-6-8-13(19-2)9-7-12/h6-9H,3-5,10-11,15H2,1-2H3,(H,16,18). The molecular formula is C14H23N3O2. The van der Waals surface area contributed by atoms with Gasteiger partial charge in [0.15, 0.2) is 0 Å². The fourth-order valence-electron chi connectivity index (χ4n) is 1.86. The zero-order valence-corrected chi connectivity index (χ0v) is 11.7. The van der Waals surface area contributed by atoms with E-state index in [0.717, 1.165) is 31.7 Å². The summed E-state index contributed by atoms with van der Waals surface area (Å²) in [4.78, 5) is 13.2. The van der Waals surface area contributed by atoms with Gasteiger partial charge in [0.25, 0.3) is 0 Å². The van der Waals surface area contributed by atoms with Crippen LogP contribution in [-0.4, -0.2) is 31.5 Å². The molecule has 19 heavy (non-hydrogen) atoms.